The van der Waals surface area contributed by atoms with Crippen LogP contribution in [0.4, 0.5) is 0 Å². The Morgan fingerprint density at radius 1 is 0.657 bits per heavy atom. The number of thiophene rings is 1. The summed E-state index contributed by atoms with van der Waals surface area (Å²) in [5, 5.41) is 48.0. The number of hydrogen-bond acceptors (Lipinski definition) is 14. The summed E-state index contributed by atoms with van der Waals surface area (Å²) in [4.78, 5) is 18.4. The smallest absolute Gasteiger partial charge is 0.119 e. The summed E-state index contributed by atoms with van der Waals surface area (Å²) in [6.45, 7) is 10.4. The van der Waals surface area contributed by atoms with Crippen LogP contribution in [0, 0.1) is 24.7 Å². The molecule has 0 bridgehead atoms. The minimum atomic E-state index is -0.603. The molecule has 0 unspecified atom stereocenters. The zero-order chi connectivity index (χ0) is 47.2. The molecular weight excluding hydrogens is 899 g/mol. The molecule has 0 spiro atoms. The van der Waals surface area contributed by atoms with Crippen LogP contribution in [-0.2, 0) is 0 Å². The highest BCUT2D eigenvalue weighted by molar-refractivity contribution is 8.01. The number of benzene rings is 2. The van der Waals surface area contributed by atoms with Gasteiger partial charge in [-0.15, -0.1) is 34.9 Å². The fourth-order valence-corrected chi connectivity index (χ4v) is 12.4. The van der Waals surface area contributed by atoms with E-state index in [9.17, 15) is 20.4 Å². The maximum absolute atomic E-state index is 11.2. The molecule has 14 heteroatoms. The van der Waals surface area contributed by atoms with Crippen molar-refractivity contribution in [3.63, 3.8) is 0 Å². The maximum Gasteiger partial charge on any atom is 0.119 e. The first-order valence-electron chi connectivity index (χ1n) is 23.7. The highest BCUT2D eigenvalue weighted by Crippen LogP contribution is 2.42. The lowest BCUT2D eigenvalue weighted by molar-refractivity contribution is 0.0253. The summed E-state index contributed by atoms with van der Waals surface area (Å²) >= 11 is 5.51. The van der Waals surface area contributed by atoms with Crippen molar-refractivity contribution in [1.29, 1.82) is 0 Å². The van der Waals surface area contributed by atoms with E-state index in [1.54, 1.807) is 37.3 Å². The molecule has 2 atom stereocenters. The van der Waals surface area contributed by atoms with Crippen LogP contribution in [0.5, 0.6) is 11.5 Å². The Bertz CT molecular complexity index is 2450. The minimum Gasteiger partial charge on any atom is -0.497 e. The van der Waals surface area contributed by atoms with E-state index < -0.39 is 12.2 Å². The van der Waals surface area contributed by atoms with Gasteiger partial charge < -0.3 is 39.7 Å². The Morgan fingerprint density at radius 3 is 1.60 bits per heavy atom. The molecule has 0 saturated carbocycles. The maximum atomic E-state index is 11.2. The number of ether oxygens (including phenoxy) is 2. The van der Waals surface area contributed by atoms with E-state index in [2.05, 4.69) is 42.3 Å². The zero-order valence-electron chi connectivity index (χ0n) is 39.6. The van der Waals surface area contributed by atoms with Crippen molar-refractivity contribution >= 4 is 56.7 Å². The van der Waals surface area contributed by atoms with Crippen molar-refractivity contribution in [2.75, 3.05) is 78.2 Å². The number of aryl methyl sites for hydroxylation is 2. The molecule has 2 fully saturated rings. The summed E-state index contributed by atoms with van der Waals surface area (Å²) in [5.74, 6) is 3.64. The second kappa shape index (κ2) is 24.6. The molecule has 0 amide bonds. The lowest BCUT2D eigenvalue weighted by Crippen LogP contribution is -2.43. The number of nitrogens with zero attached hydrogens (tertiary/aromatic N) is 5. The predicted octanol–water partition coefficient (Wildman–Crippen LogP) is 9.92. The van der Waals surface area contributed by atoms with Crippen molar-refractivity contribution in [1.82, 2.24) is 24.8 Å². The number of likely N-dealkylation sites (tertiary alicyclic amines) is 2. The largest absolute Gasteiger partial charge is 0.497 e. The highest BCUT2D eigenvalue weighted by atomic mass is 32.2. The van der Waals surface area contributed by atoms with Gasteiger partial charge in [-0.25, -0.2) is 4.98 Å². The van der Waals surface area contributed by atoms with Gasteiger partial charge in [0.05, 0.1) is 46.7 Å². The Hall–Kier alpha value is -3.83. The van der Waals surface area contributed by atoms with Gasteiger partial charge in [-0.2, -0.15) is 0 Å². The van der Waals surface area contributed by atoms with Crippen molar-refractivity contribution in [3.8, 4) is 11.5 Å². The van der Waals surface area contributed by atoms with Gasteiger partial charge in [0.25, 0.3) is 0 Å². The van der Waals surface area contributed by atoms with E-state index in [4.69, 9.17) is 9.47 Å². The van der Waals surface area contributed by atoms with Crippen LogP contribution in [0.1, 0.15) is 85.8 Å². The van der Waals surface area contributed by atoms with Crippen molar-refractivity contribution in [3.05, 3.63) is 113 Å². The van der Waals surface area contributed by atoms with Crippen molar-refractivity contribution < 1.29 is 29.9 Å². The molecule has 0 aliphatic carbocycles. The van der Waals surface area contributed by atoms with E-state index in [1.807, 2.05) is 98.8 Å². The van der Waals surface area contributed by atoms with E-state index >= 15 is 0 Å². The number of piperidine rings is 2. The van der Waals surface area contributed by atoms with Gasteiger partial charge in [0, 0.05) is 67.2 Å². The molecule has 2 aromatic carbocycles. The number of thioether (sulfide) groups is 2. The van der Waals surface area contributed by atoms with Crippen LogP contribution in [0.3, 0.4) is 0 Å². The van der Waals surface area contributed by atoms with Gasteiger partial charge in [-0.3, -0.25) is 9.97 Å². The van der Waals surface area contributed by atoms with Gasteiger partial charge in [0.15, 0.2) is 0 Å². The van der Waals surface area contributed by atoms with Crippen molar-refractivity contribution in [2.45, 2.75) is 86.7 Å². The lowest BCUT2D eigenvalue weighted by atomic mass is 9.74. The quantitative estimate of drug-likeness (QED) is 0.0540. The number of methoxy groups -OCH3 is 2. The SMILES string of the molecule is COc1ccc2ncc(C)c([C@H](O)CCC3(CO)CCN(CCSc4ccccn4)CC3)c2c1.COc1ccc2ncc(C)c([C@H](O)CCC3(CO)CCN(CCSc4cccs4)CC3)c2c1. The monoisotopic (exact) mass is 967 g/mol. The number of pyridine rings is 3. The Labute approximate surface area is 409 Å². The lowest BCUT2D eigenvalue weighted by Gasteiger charge is -2.41. The first-order chi connectivity index (χ1) is 32.6. The molecule has 2 saturated heterocycles. The van der Waals surface area contributed by atoms with Gasteiger partial charge in [0.2, 0.25) is 0 Å². The Kier molecular flexibility index (Phi) is 18.8. The molecule has 0 radical (unpaired) electrons. The van der Waals surface area contributed by atoms with Crippen LogP contribution < -0.4 is 9.47 Å². The standard InChI is InChI=1S/C27H35N3O3S.C26H34N2O3S2/c1-20-18-29-23-7-6-21(33-2)17-22(23)26(20)24(32)8-9-27(19-31)10-13-30(14-11-27)15-16-34-25-5-3-4-12-28-25;1-19-17-27-22-6-5-20(31-2)16-21(22)25(19)23(30)7-8-26(18-29)9-11-28(12-10-26)13-15-33-24-4-3-14-32-24/h3-7,12,17-18,24,31-32H,8-11,13-16,19H2,1-2H3;3-6,14,16-17,23,29-30H,7-13,15,18H2,1-2H3/t24-;23-/m11/s1. The molecule has 67 heavy (non-hydrogen) atoms. The minimum absolute atomic E-state index is 0.104. The summed E-state index contributed by atoms with van der Waals surface area (Å²) in [6, 6.07) is 21.9. The highest BCUT2D eigenvalue weighted by Gasteiger charge is 2.36. The zero-order valence-corrected chi connectivity index (χ0v) is 42.1. The number of hydrogen-bond donors (Lipinski definition) is 4. The molecule has 6 heterocycles. The van der Waals surface area contributed by atoms with Crippen LogP contribution in [-0.4, -0.2) is 123 Å². The third-order valence-electron chi connectivity index (χ3n) is 14.1. The van der Waals surface area contributed by atoms with Crippen LogP contribution in [0.15, 0.2) is 99.9 Å². The van der Waals surface area contributed by atoms with Gasteiger partial charge >= 0.3 is 0 Å². The fraction of sp³-hybridized carbons (Fsp3) is 0.491. The molecule has 2 aliphatic rings. The molecule has 8 rings (SSSR count). The molecule has 6 aromatic rings. The summed E-state index contributed by atoms with van der Waals surface area (Å²) in [7, 11) is 3.30. The number of aromatic nitrogens is 3. The first kappa shape index (κ1) is 51.0. The first-order valence-corrected chi connectivity index (χ1v) is 26.5. The fourth-order valence-electron chi connectivity index (χ4n) is 9.71. The predicted molar refractivity (Wildman–Crippen MR) is 275 cm³/mol. The second-order valence-corrected chi connectivity index (χ2v) is 21.8. The number of aliphatic hydroxyl groups is 4. The van der Waals surface area contributed by atoms with Crippen molar-refractivity contribution in [2.24, 2.45) is 10.8 Å². The molecule has 11 nitrogen and oxygen atoms in total. The van der Waals surface area contributed by atoms with E-state index in [0.29, 0.717) is 12.8 Å². The molecule has 4 aromatic heterocycles. The Morgan fingerprint density at radius 2 is 1.16 bits per heavy atom. The summed E-state index contributed by atoms with van der Waals surface area (Å²) in [6.07, 6.45) is 11.0. The van der Waals surface area contributed by atoms with E-state index in [1.165, 1.54) is 4.21 Å². The molecule has 360 valence electrons. The summed E-state index contributed by atoms with van der Waals surface area (Å²) < 4.78 is 12.2. The topological polar surface area (TPSA) is 145 Å². The molecular formula is C53H69N5O6S3. The van der Waals surface area contributed by atoms with Gasteiger partial charge in [-0.05, 0) is 184 Å². The number of fused-ring (bicyclic) bond motifs is 2. The van der Waals surface area contributed by atoms with Gasteiger partial charge in [0.1, 0.15) is 11.5 Å². The molecule has 4 N–H and O–H groups in total. The van der Waals surface area contributed by atoms with E-state index in [0.717, 1.165) is 150 Å². The van der Waals surface area contributed by atoms with E-state index in [-0.39, 0.29) is 24.0 Å². The number of aliphatic hydroxyl groups excluding tert-OH is 4. The average Bonchev–Trinajstić information content (AvgIpc) is 3.89. The van der Waals surface area contributed by atoms with Crippen LogP contribution in [0.2, 0.25) is 0 Å². The van der Waals surface area contributed by atoms with Gasteiger partial charge in [-0.1, -0.05) is 12.1 Å². The average molecular weight is 968 g/mol. The number of rotatable bonds is 20. The normalized spacial score (nSPS) is 17.2. The van der Waals surface area contributed by atoms with Crippen LogP contribution >= 0.6 is 34.9 Å². The Balaban J connectivity index is 0.000000199. The second-order valence-electron chi connectivity index (χ2n) is 18.4. The third kappa shape index (κ3) is 13.5. The molecule has 2 aliphatic heterocycles. The van der Waals surface area contributed by atoms with Crippen LogP contribution in [0.25, 0.3) is 21.8 Å². The third-order valence-corrected chi connectivity index (χ3v) is 17.2. The summed E-state index contributed by atoms with van der Waals surface area (Å²) in [5.41, 5.74) is 5.30.